The van der Waals surface area contributed by atoms with Gasteiger partial charge in [0.05, 0.1) is 0 Å². The number of hydrogen-bond acceptors (Lipinski definition) is 4. The number of aliphatic carboxylic acids is 1. The van der Waals surface area contributed by atoms with Crippen molar-refractivity contribution in [1.82, 2.24) is 0 Å². The normalized spacial score (nSPS) is 11.5. The first-order chi connectivity index (χ1) is 6.50. The van der Waals surface area contributed by atoms with Crippen molar-refractivity contribution >= 4 is 5.97 Å². The average molecular weight is 398 g/mol. The van der Waals surface area contributed by atoms with Crippen LogP contribution in [0.1, 0.15) is 5.56 Å². The van der Waals surface area contributed by atoms with Gasteiger partial charge in [0, 0.05) is 27.7 Å². The molecule has 0 aromatic heterocycles. The van der Waals surface area contributed by atoms with Crippen LogP contribution < -0.4 is 5.73 Å². The first-order valence-electron chi connectivity index (χ1n) is 4.00. The molecule has 6 heteroatoms. The van der Waals surface area contributed by atoms with Crippen molar-refractivity contribution < 1.29 is 47.8 Å². The summed E-state index contributed by atoms with van der Waals surface area (Å²) in [7, 11) is 0. The van der Waals surface area contributed by atoms with Gasteiger partial charge in [0.2, 0.25) is 0 Å². The van der Waals surface area contributed by atoms with Crippen LogP contribution in [0.2, 0.25) is 0 Å². The number of nitrogens with two attached hydrogens (primary N) is 1. The van der Waals surface area contributed by atoms with Crippen LogP contribution in [0.3, 0.4) is 0 Å². The minimum atomic E-state index is -1.10. The van der Waals surface area contributed by atoms with Crippen LogP contribution in [0.5, 0.6) is 11.5 Å². The largest absolute Gasteiger partial charge is 0.504 e. The Balaban J connectivity index is 0.00000196. The molecule has 5 nitrogen and oxygen atoms in total. The molecular weight excluding hydrogens is 387 g/mol. The second kappa shape index (κ2) is 5.92. The van der Waals surface area contributed by atoms with Crippen LogP contribution in [0.25, 0.3) is 0 Å². The zero-order valence-corrected chi connectivity index (χ0v) is 13.5. The SMILES string of the molecule is N[C@@H](Cc1ccc(O)c(O)c1)C(=O)O.[Hg]. The van der Waals surface area contributed by atoms with Crippen molar-refractivity contribution in [2.75, 3.05) is 0 Å². The summed E-state index contributed by atoms with van der Waals surface area (Å²) < 4.78 is 0. The van der Waals surface area contributed by atoms with Gasteiger partial charge in [-0.25, -0.2) is 0 Å². The van der Waals surface area contributed by atoms with Gasteiger partial charge in [-0.15, -0.1) is 0 Å². The van der Waals surface area contributed by atoms with E-state index in [0.29, 0.717) is 5.56 Å². The zero-order chi connectivity index (χ0) is 10.7. The molecule has 0 radical (unpaired) electrons. The van der Waals surface area contributed by atoms with Crippen molar-refractivity contribution in [2.45, 2.75) is 12.5 Å². The fraction of sp³-hybridized carbons (Fsp3) is 0.222. The number of phenols is 2. The number of hydrogen-bond donors (Lipinski definition) is 4. The third-order valence-electron chi connectivity index (χ3n) is 1.81. The van der Waals surface area contributed by atoms with Gasteiger partial charge < -0.3 is 21.1 Å². The molecule has 1 rings (SSSR count). The molecule has 0 heterocycles. The van der Waals surface area contributed by atoms with Crippen LogP contribution in [0.15, 0.2) is 18.2 Å². The van der Waals surface area contributed by atoms with E-state index in [1.54, 1.807) is 0 Å². The number of carboxylic acid groups (broad SMARTS) is 1. The molecule has 0 aliphatic rings. The van der Waals surface area contributed by atoms with Crippen LogP contribution >= 0.6 is 0 Å². The molecule has 15 heavy (non-hydrogen) atoms. The summed E-state index contributed by atoms with van der Waals surface area (Å²) >= 11 is 0. The van der Waals surface area contributed by atoms with Crippen molar-refractivity contribution in [1.29, 1.82) is 0 Å². The molecule has 0 amide bonds. The second-order valence-corrected chi connectivity index (χ2v) is 2.97. The number of phenolic OH excluding ortho intramolecular Hbond substituents is 2. The Labute approximate surface area is 107 Å². The van der Waals surface area contributed by atoms with E-state index in [9.17, 15) is 4.79 Å². The Morgan fingerprint density at radius 1 is 1.33 bits per heavy atom. The van der Waals surface area contributed by atoms with Gasteiger partial charge in [0.15, 0.2) is 11.5 Å². The average Bonchev–Trinajstić information content (AvgIpc) is 2.11. The Kier molecular flexibility index (Phi) is 5.60. The first kappa shape index (κ1) is 14.2. The summed E-state index contributed by atoms with van der Waals surface area (Å²) in [4.78, 5) is 10.4. The molecule has 0 bridgehead atoms. The third kappa shape index (κ3) is 4.05. The predicted molar refractivity (Wildman–Crippen MR) is 49.1 cm³/mol. The van der Waals surface area contributed by atoms with Gasteiger partial charge >= 0.3 is 5.97 Å². The fourth-order valence-electron chi connectivity index (χ4n) is 1.04. The molecule has 0 saturated carbocycles. The van der Waals surface area contributed by atoms with Crippen molar-refractivity contribution in [3.63, 3.8) is 0 Å². The Morgan fingerprint density at radius 2 is 1.93 bits per heavy atom. The Bertz CT molecular complexity index is 356. The standard InChI is InChI=1S/C9H11NO4.Hg/c10-6(9(13)14)3-5-1-2-7(11)8(12)4-5;/h1-2,4,6,11-12H,3,10H2,(H,13,14);/t6-;/m0./s1. The minimum absolute atomic E-state index is 0. The van der Waals surface area contributed by atoms with Crippen molar-refractivity contribution in [3.8, 4) is 11.5 Å². The minimum Gasteiger partial charge on any atom is -0.504 e. The van der Waals surface area contributed by atoms with Gasteiger partial charge in [0.1, 0.15) is 6.04 Å². The smallest absolute Gasteiger partial charge is 0.320 e. The second-order valence-electron chi connectivity index (χ2n) is 2.97. The molecule has 1 aromatic rings. The van der Waals surface area contributed by atoms with Gasteiger partial charge in [-0.1, -0.05) is 6.07 Å². The molecule has 5 N–H and O–H groups in total. The number of carboxylic acids is 1. The van der Waals surface area contributed by atoms with E-state index in [-0.39, 0.29) is 45.6 Å². The van der Waals surface area contributed by atoms with Crippen LogP contribution in [-0.4, -0.2) is 27.3 Å². The van der Waals surface area contributed by atoms with E-state index in [1.807, 2.05) is 0 Å². The number of rotatable bonds is 3. The van der Waals surface area contributed by atoms with E-state index in [2.05, 4.69) is 0 Å². The van der Waals surface area contributed by atoms with Crippen LogP contribution in [-0.2, 0) is 38.9 Å². The van der Waals surface area contributed by atoms with E-state index in [0.717, 1.165) is 0 Å². The molecule has 1 aromatic carbocycles. The summed E-state index contributed by atoms with van der Waals surface area (Å²) in [5.41, 5.74) is 5.86. The summed E-state index contributed by atoms with van der Waals surface area (Å²) in [5.74, 6) is -1.62. The topological polar surface area (TPSA) is 104 Å². The molecule has 0 saturated heterocycles. The summed E-state index contributed by atoms with van der Waals surface area (Å²) in [6, 6.07) is 3.09. The third-order valence-corrected chi connectivity index (χ3v) is 1.81. The van der Waals surface area contributed by atoms with Gasteiger partial charge in [-0.3, -0.25) is 4.79 Å². The Hall–Kier alpha value is -0.815. The van der Waals surface area contributed by atoms with Crippen LogP contribution in [0, 0.1) is 0 Å². The molecule has 0 fully saturated rings. The van der Waals surface area contributed by atoms with E-state index in [4.69, 9.17) is 21.1 Å². The number of benzene rings is 1. The van der Waals surface area contributed by atoms with Crippen LogP contribution in [0.4, 0.5) is 0 Å². The van der Waals surface area contributed by atoms with E-state index >= 15 is 0 Å². The van der Waals surface area contributed by atoms with E-state index in [1.165, 1.54) is 18.2 Å². The van der Waals surface area contributed by atoms with Gasteiger partial charge in [-0.05, 0) is 24.1 Å². The number of carbonyl (C=O) groups is 1. The quantitative estimate of drug-likeness (QED) is 0.426. The molecule has 1 atom stereocenters. The molecule has 0 aliphatic carbocycles. The molecule has 0 aliphatic heterocycles. The molecular formula is C9H11HgNO4. The maximum atomic E-state index is 10.4. The maximum Gasteiger partial charge on any atom is 0.320 e. The number of aromatic hydroxyl groups is 2. The van der Waals surface area contributed by atoms with E-state index < -0.39 is 12.0 Å². The molecule has 0 spiro atoms. The predicted octanol–water partition coefficient (Wildman–Crippen LogP) is 0.0497. The summed E-state index contributed by atoms with van der Waals surface area (Å²) in [6.45, 7) is 0. The van der Waals surface area contributed by atoms with Gasteiger partial charge in [0.25, 0.3) is 0 Å². The van der Waals surface area contributed by atoms with Crippen molar-refractivity contribution in [2.24, 2.45) is 5.73 Å². The van der Waals surface area contributed by atoms with Gasteiger partial charge in [-0.2, -0.15) is 0 Å². The first-order valence-corrected chi connectivity index (χ1v) is 4.00. The maximum absolute atomic E-state index is 10.4. The fourth-order valence-corrected chi connectivity index (χ4v) is 1.04. The van der Waals surface area contributed by atoms with Crippen molar-refractivity contribution in [3.05, 3.63) is 23.8 Å². The summed E-state index contributed by atoms with van der Waals surface area (Å²) in [5, 5.41) is 26.6. The monoisotopic (exact) mass is 399 g/mol. The molecule has 78 valence electrons. The Morgan fingerprint density at radius 3 is 2.40 bits per heavy atom. The zero-order valence-electron chi connectivity index (χ0n) is 8.05. The molecule has 0 unspecified atom stereocenters. The summed E-state index contributed by atoms with van der Waals surface area (Å²) in [6.07, 6.45) is 0.114.